The number of nitrogens with two attached hydrogens (primary N) is 1. The van der Waals surface area contributed by atoms with E-state index >= 15 is 0 Å². The van der Waals surface area contributed by atoms with Crippen LogP contribution in [-0.2, 0) is 0 Å². The van der Waals surface area contributed by atoms with Crippen LogP contribution in [0.1, 0.15) is 72.6 Å². The Morgan fingerprint density at radius 2 is 1.80 bits per heavy atom. The lowest BCUT2D eigenvalue weighted by molar-refractivity contribution is -0.0392. The first-order valence-corrected chi connectivity index (χ1v) is 8.88. The van der Waals surface area contributed by atoms with Crippen LogP contribution in [0.4, 0.5) is 0 Å². The molecule has 0 radical (unpaired) electrons. The second kappa shape index (κ2) is 6.36. The maximum atomic E-state index is 6.30. The van der Waals surface area contributed by atoms with Crippen molar-refractivity contribution in [2.45, 2.75) is 78.2 Å². The van der Waals surface area contributed by atoms with Gasteiger partial charge in [0.25, 0.3) is 0 Å². The molecule has 0 aromatic carbocycles. The van der Waals surface area contributed by atoms with Crippen molar-refractivity contribution in [2.24, 2.45) is 23.0 Å². The van der Waals surface area contributed by atoms with E-state index in [4.69, 9.17) is 5.73 Å². The van der Waals surface area contributed by atoms with Gasteiger partial charge in [0, 0.05) is 12.1 Å². The van der Waals surface area contributed by atoms with Gasteiger partial charge in [-0.25, -0.2) is 0 Å². The van der Waals surface area contributed by atoms with E-state index in [-0.39, 0.29) is 0 Å². The fourth-order valence-corrected chi connectivity index (χ4v) is 4.90. The average molecular weight is 280 g/mol. The quantitative estimate of drug-likeness (QED) is 0.842. The minimum absolute atomic E-state index is 0.298. The molecule has 0 aromatic heterocycles. The summed E-state index contributed by atoms with van der Waals surface area (Å²) in [5, 5.41) is 0. The van der Waals surface area contributed by atoms with Crippen LogP contribution < -0.4 is 5.73 Å². The standard InChI is InChI=1S/C18H36N2/c1-5-6-16-7-11-20(12-8-16)18(14-19)10-9-17(3,4)13-15(18)2/h15-16H,5-14,19H2,1-4H3. The minimum Gasteiger partial charge on any atom is -0.329 e. The molecule has 2 N–H and O–H groups in total. The molecule has 1 saturated heterocycles. The Bertz CT molecular complexity index is 305. The van der Waals surface area contributed by atoms with Crippen LogP contribution in [0.2, 0.25) is 0 Å². The summed E-state index contributed by atoms with van der Waals surface area (Å²) in [5.74, 6) is 1.71. The maximum Gasteiger partial charge on any atom is 0.0357 e. The van der Waals surface area contributed by atoms with Crippen LogP contribution in [0.3, 0.4) is 0 Å². The molecule has 2 nitrogen and oxygen atoms in total. The number of hydrogen-bond acceptors (Lipinski definition) is 2. The molecular formula is C18H36N2. The first kappa shape index (κ1) is 16.3. The van der Waals surface area contributed by atoms with Crippen LogP contribution in [0.25, 0.3) is 0 Å². The van der Waals surface area contributed by atoms with Crippen molar-refractivity contribution in [1.29, 1.82) is 0 Å². The number of piperidine rings is 1. The second-order valence-corrected chi connectivity index (χ2v) is 8.30. The Kier molecular flexibility index (Phi) is 5.18. The summed E-state index contributed by atoms with van der Waals surface area (Å²) < 4.78 is 0. The topological polar surface area (TPSA) is 29.3 Å². The van der Waals surface area contributed by atoms with Crippen molar-refractivity contribution in [1.82, 2.24) is 4.90 Å². The van der Waals surface area contributed by atoms with E-state index in [1.807, 2.05) is 0 Å². The number of rotatable bonds is 4. The molecule has 118 valence electrons. The molecule has 20 heavy (non-hydrogen) atoms. The van der Waals surface area contributed by atoms with E-state index in [1.54, 1.807) is 0 Å². The third-order valence-electron chi connectivity index (χ3n) is 6.31. The van der Waals surface area contributed by atoms with Crippen LogP contribution in [0, 0.1) is 17.3 Å². The number of hydrogen-bond donors (Lipinski definition) is 1. The van der Waals surface area contributed by atoms with Gasteiger partial charge in [-0.1, -0.05) is 40.5 Å². The molecule has 2 heteroatoms. The summed E-state index contributed by atoms with van der Waals surface area (Å²) in [6, 6.07) is 0. The first-order valence-electron chi connectivity index (χ1n) is 8.88. The monoisotopic (exact) mass is 280 g/mol. The largest absolute Gasteiger partial charge is 0.329 e. The normalized spacial score (nSPS) is 36.1. The third kappa shape index (κ3) is 3.22. The zero-order chi connectivity index (χ0) is 14.8. The van der Waals surface area contributed by atoms with Crippen LogP contribution in [0.5, 0.6) is 0 Å². The highest BCUT2D eigenvalue weighted by Crippen LogP contribution is 2.47. The van der Waals surface area contributed by atoms with Gasteiger partial charge in [0.15, 0.2) is 0 Å². The molecule has 2 fully saturated rings. The Balaban J connectivity index is 2.02. The Morgan fingerprint density at radius 3 is 2.30 bits per heavy atom. The van der Waals surface area contributed by atoms with E-state index in [0.717, 1.165) is 18.4 Å². The van der Waals surface area contributed by atoms with Gasteiger partial charge in [-0.05, 0) is 62.4 Å². The summed E-state index contributed by atoms with van der Waals surface area (Å²) in [6.07, 6.45) is 9.53. The van der Waals surface area contributed by atoms with Gasteiger partial charge in [0.2, 0.25) is 0 Å². The fourth-order valence-electron chi connectivity index (χ4n) is 4.90. The van der Waals surface area contributed by atoms with E-state index < -0.39 is 0 Å². The zero-order valence-corrected chi connectivity index (χ0v) is 14.3. The van der Waals surface area contributed by atoms with Gasteiger partial charge in [0.1, 0.15) is 0 Å². The molecule has 0 spiro atoms. The molecule has 2 aliphatic rings. The Morgan fingerprint density at radius 1 is 1.15 bits per heavy atom. The van der Waals surface area contributed by atoms with Crippen molar-refractivity contribution < 1.29 is 0 Å². The van der Waals surface area contributed by atoms with E-state index in [2.05, 4.69) is 32.6 Å². The summed E-state index contributed by atoms with van der Waals surface area (Å²) >= 11 is 0. The molecular weight excluding hydrogens is 244 g/mol. The highest BCUT2D eigenvalue weighted by atomic mass is 15.2. The fraction of sp³-hybridized carbons (Fsp3) is 1.00. The molecule has 1 saturated carbocycles. The van der Waals surface area contributed by atoms with Crippen molar-refractivity contribution in [3.63, 3.8) is 0 Å². The van der Waals surface area contributed by atoms with Crippen LogP contribution >= 0.6 is 0 Å². The molecule has 0 bridgehead atoms. The number of nitrogens with zero attached hydrogens (tertiary/aromatic N) is 1. The summed E-state index contributed by atoms with van der Waals surface area (Å²) in [6.45, 7) is 13.0. The van der Waals surface area contributed by atoms with E-state index in [9.17, 15) is 0 Å². The van der Waals surface area contributed by atoms with Gasteiger partial charge in [-0.2, -0.15) is 0 Å². The highest BCUT2D eigenvalue weighted by Gasteiger charge is 2.47. The molecule has 0 aromatic rings. The highest BCUT2D eigenvalue weighted by molar-refractivity contribution is 5.02. The van der Waals surface area contributed by atoms with E-state index in [0.29, 0.717) is 11.0 Å². The van der Waals surface area contributed by atoms with Gasteiger partial charge >= 0.3 is 0 Å². The number of likely N-dealkylation sites (tertiary alicyclic amines) is 1. The zero-order valence-electron chi connectivity index (χ0n) is 14.3. The van der Waals surface area contributed by atoms with Gasteiger partial charge < -0.3 is 5.73 Å². The maximum absolute atomic E-state index is 6.30. The van der Waals surface area contributed by atoms with Crippen LogP contribution in [0.15, 0.2) is 0 Å². The molecule has 1 aliphatic carbocycles. The molecule has 2 unspecified atom stereocenters. The van der Waals surface area contributed by atoms with E-state index in [1.165, 1.54) is 58.0 Å². The second-order valence-electron chi connectivity index (χ2n) is 8.30. The predicted molar refractivity (Wildman–Crippen MR) is 87.8 cm³/mol. The minimum atomic E-state index is 0.298. The van der Waals surface area contributed by atoms with Crippen molar-refractivity contribution in [2.75, 3.05) is 19.6 Å². The molecule has 0 amide bonds. The van der Waals surface area contributed by atoms with Gasteiger partial charge in [-0.3, -0.25) is 4.90 Å². The summed E-state index contributed by atoms with van der Waals surface area (Å²) in [7, 11) is 0. The molecule has 1 aliphatic heterocycles. The average Bonchev–Trinajstić information content (AvgIpc) is 2.40. The first-order chi connectivity index (χ1) is 9.43. The van der Waals surface area contributed by atoms with Crippen LogP contribution in [-0.4, -0.2) is 30.1 Å². The lowest BCUT2D eigenvalue weighted by Crippen LogP contribution is -2.62. The van der Waals surface area contributed by atoms with Crippen molar-refractivity contribution in [3.05, 3.63) is 0 Å². The molecule has 1 heterocycles. The lowest BCUT2D eigenvalue weighted by atomic mass is 9.62. The summed E-state index contributed by atoms with van der Waals surface area (Å²) in [5.41, 5.74) is 7.11. The van der Waals surface area contributed by atoms with Gasteiger partial charge in [0.05, 0.1) is 0 Å². The Labute approximate surface area is 126 Å². The summed E-state index contributed by atoms with van der Waals surface area (Å²) in [4.78, 5) is 2.78. The SMILES string of the molecule is CCCC1CCN(C2(CN)CCC(C)(C)CC2C)CC1. The molecule has 2 rings (SSSR count). The lowest BCUT2D eigenvalue weighted by Gasteiger charge is -2.55. The van der Waals surface area contributed by atoms with Crippen molar-refractivity contribution in [3.8, 4) is 0 Å². The van der Waals surface area contributed by atoms with Gasteiger partial charge in [-0.15, -0.1) is 0 Å². The van der Waals surface area contributed by atoms with Crippen molar-refractivity contribution >= 4 is 0 Å². The predicted octanol–water partition coefficient (Wildman–Crippen LogP) is 4.04. The molecule has 2 atom stereocenters. The Hall–Kier alpha value is -0.0800. The third-order valence-corrected chi connectivity index (χ3v) is 6.31. The smallest absolute Gasteiger partial charge is 0.0357 e.